The Labute approximate surface area is 138 Å². The molecule has 0 N–H and O–H groups in total. The predicted molar refractivity (Wildman–Crippen MR) is 90.8 cm³/mol. The summed E-state index contributed by atoms with van der Waals surface area (Å²) in [6, 6.07) is 0. The highest BCUT2D eigenvalue weighted by Crippen LogP contribution is 2.55. The van der Waals surface area contributed by atoms with Gasteiger partial charge in [-0.25, -0.2) is 0 Å². The molecular formula is C17H29IO2. The highest BCUT2D eigenvalue weighted by Gasteiger charge is 2.50. The molecule has 0 amide bonds. The third kappa shape index (κ3) is 3.57. The lowest BCUT2D eigenvalue weighted by atomic mass is 9.64. The van der Waals surface area contributed by atoms with Crippen molar-refractivity contribution in [2.45, 2.75) is 84.2 Å². The Morgan fingerprint density at radius 3 is 2.80 bits per heavy atom. The third-order valence-corrected chi connectivity index (χ3v) is 7.04. The number of carbonyl (C=O) groups is 1. The van der Waals surface area contributed by atoms with Gasteiger partial charge in [0.05, 0.1) is 5.60 Å². The van der Waals surface area contributed by atoms with E-state index in [9.17, 15) is 4.79 Å². The molecule has 0 aromatic heterocycles. The normalized spacial score (nSPS) is 34.3. The lowest BCUT2D eigenvalue weighted by Gasteiger charge is -2.40. The highest BCUT2D eigenvalue weighted by atomic mass is 127. The van der Waals surface area contributed by atoms with E-state index in [-0.39, 0.29) is 5.60 Å². The molecule has 3 atom stereocenters. The molecule has 2 unspecified atom stereocenters. The lowest BCUT2D eigenvalue weighted by molar-refractivity contribution is -0.129. The summed E-state index contributed by atoms with van der Waals surface area (Å²) in [7, 11) is 0. The van der Waals surface area contributed by atoms with Gasteiger partial charge in [-0.05, 0) is 63.7 Å². The van der Waals surface area contributed by atoms with Crippen LogP contribution in [-0.2, 0) is 7.86 Å². The van der Waals surface area contributed by atoms with Crippen molar-refractivity contribution in [3.63, 3.8) is 0 Å². The van der Waals surface area contributed by atoms with E-state index in [2.05, 4.69) is 20.8 Å². The maximum Gasteiger partial charge on any atom is 0.136 e. The van der Waals surface area contributed by atoms with Gasteiger partial charge in [0.1, 0.15) is 28.8 Å². The molecule has 0 aliphatic heterocycles. The average Bonchev–Trinajstić information content (AvgIpc) is 2.73. The van der Waals surface area contributed by atoms with Crippen LogP contribution in [0.4, 0.5) is 0 Å². The molecule has 2 rings (SSSR count). The minimum absolute atomic E-state index is 0.00345. The van der Waals surface area contributed by atoms with Crippen molar-refractivity contribution in [3.05, 3.63) is 0 Å². The van der Waals surface area contributed by atoms with E-state index >= 15 is 0 Å². The molecule has 0 aromatic rings. The number of hydrogen-bond acceptors (Lipinski definition) is 2. The van der Waals surface area contributed by atoms with E-state index in [0.29, 0.717) is 17.1 Å². The fourth-order valence-electron chi connectivity index (χ4n) is 4.49. The van der Waals surface area contributed by atoms with Crippen LogP contribution in [0.5, 0.6) is 0 Å². The fourth-order valence-corrected chi connectivity index (χ4v) is 4.71. The van der Waals surface area contributed by atoms with Gasteiger partial charge < -0.3 is 3.07 Å². The summed E-state index contributed by atoms with van der Waals surface area (Å²) in [4.78, 5) is 12.1. The van der Waals surface area contributed by atoms with Crippen molar-refractivity contribution in [2.75, 3.05) is 0 Å². The summed E-state index contributed by atoms with van der Waals surface area (Å²) in [5.74, 6) is 1.72. The molecule has 2 aliphatic carbocycles. The van der Waals surface area contributed by atoms with E-state index in [1.54, 1.807) is 0 Å². The van der Waals surface area contributed by atoms with Crippen LogP contribution < -0.4 is 0 Å². The summed E-state index contributed by atoms with van der Waals surface area (Å²) in [5.41, 5.74) is 0.327. The molecule has 0 spiro atoms. The Bertz CT molecular complexity index is 353. The van der Waals surface area contributed by atoms with E-state index in [1.165, 1.54) is 32.1 Å². The molecular weight excluding hydrogens is 363 g/mol. The molecule has 0 radical (unpaired) electrons. The predicted octanol–water partition coefficient (Wildman–Crippen LogP) is 5.48. The molecule has 20 heavy (non-hydrogen) atoms. The first kappa shape index (κ1) is 16.7. The molecule has 2 fully saturated rings. The van der Waals surface area contributed by atoms with Crippen molar-refractivity contribution >= 4 is 28.8 Å². The molecule has 0 aromatic carbocycles. The van der Waals surface area contributed by atoms with Gasteiger partial charge in [-0.15, -0.1) is 0 Å². The van der Waals surface area contributed by atoms with Gasteiger partial charge in [0.25, 0.3) is 0 Å². The molecule has 116 valence electrons. The molecule has 0 heterocycles. The third-order valence-electron chi connectivity index (χ3n) is 5.85. The number of ketones is 1. The van der Waals surface area contributed by atoms with E-state index in [4.69, 9.17) is 3.07 Å². The Hall–Kier alpha value is 0.360. The first-order valence-corrected chi connectivity index (χ1v) is 9.09. The molecule has 0 bridgehead atoms. The zero-order chi connectivity index (χ0) is 14.8. The van der Waals surface area contributed by atoms with Crippen LogP contribution in [0.1, 0.15) is 78.6 Å². The van der Waals surface area contributed by atoms with Crippen LogP contribution in [0, 0.1) is 17.3 Å². The standard InChI is InChI=1S/C17H29IO2/c1-16(2,20-18)11-5-4-7-13-9-10-14-15(19)8-6-12-17(13,14)3/h13-14H,4-12H2,1-3H3/t13-,14?,17?/m0/s1. The molecule has 2 saturated carbocycles. The topological polar surface area (TPSA) is 26.3 Å². The first-order valence-electron chi connectivity index (χ1n) is 8.21. The largest absolute Gasteiger partial charge is 0.310 e. The second-order valence-corrected chi connectivity index (χ2v) is 8.18. The molecule has 0 saturated heterocycles. The maximum absolute atomic E-state index is 12.1. The summed E-state index contributed by atoms with van der Waals surface area (Å²) in [6.07, 6.45) is 10.6. The van der Waals surface area contributed by atoms with Gasteiger partial charge in [0.15, 0.2) is 0 Å². The van der Waals surface area contributed by atoms with Crippen molar-refractivity contribution in [1.29, 1.82) is 0 Å². The number of Topliss-reactive ketones (excluding diaryl/α,β-unsaturated/α-hetero) is 1. The Kier molecular flexibility index (Phi) is 5.55. The summed E-state index contributed by atoms with van der Waals surface area (Å²) in [5, 5.41) is 0. The Morgan fingerprint density at radius 1 is 1.35 bits per heavy atom. The lowest BCUT2D eigenvalue weighted by Crippen LogP contribution is -2.37. The number of unbranched alkanes of at least 4 members (excludes halogenated alkanes) is 1. The molecule has 2 nitrogen and oxygen atoms in total. The zero-order valence-corrected chi connectivity index (χ0v) is 15.4. The van der Waals surface area contributed by atoms with Crippen molar-refractivity contribution in [1.82, 2.24) is 0 Å². The Morgan fingerprint density at radius 2 is 2.10 bits per heavy atom. The van der Waals surface area contributed by atoms with Crippen LogP contribution >= 0.6 is 23.0 Å². The van der Waals surface area contributed by atoms with Crippen LogP contribution in [0.25, 0.3) is 0 Å². The number of halogens is 1. The SMILES string of the molecule is CC(C)(CCCC[C@H]1CCC2C(=O)CCCC21C)OI. The van der Waals surface area contributed by atoms with Gasteiger partial charge in [-0.2, -0.15) is 0 Å². The summed E-state index contributed by atoms with van der Waals surface area (Å²) in [6.45, 7) is 6.71. The smallest absolute Gasteiger partial charge is 0.136 e. The maximum atomic E-state index is 12.1. The van der Waals surface area contributed by atoms with Crippen LogP contribution in [0.2, 0.25) is 0 Å². The molecule has 2 aliphatic rings. The Balaban J connectivity index is 1.81. The van der Waals surface area contributed by atoms with Crippen LogP contribution in [0.3, 0.4) is 0 Å². The van der Waals surface area contributed by atoms with Crippen molar-refractivity contribution in [2.24, 2.45) is 17.3 Å². The first-order chi connectivity index (χ1) is 9.39. The fraction of sp³-hybridized carbons (Fsp3) is 0.941. The van der Waals surface area contributed by atoms with Gasteiger partial charge in [0, 0.05) is 12.3 Å². The quantitative estimate of drug-likeness (QED) is 0.442. The minimum atomic E-state index is 0.00345. The van der Waals surface area contributed by atoms with Gasteiger partial charge in [-0.1, -0.05) is 19.8 Å². The van der Waals surface area contributed by atoms with Gasteiger partial charge >= 0.3 is 0 Å². The summed E-state index contributed by atoms with van der Waals surface area (Å²) >= 11 is 2.01. The number of hydrogen-bond donors (Lipinski definition) is 0. The van der Waals surface area contributed by atoms with Gasteiger partial charge in [0.2, 0.25) is 0 Å². The van der Waals surface area contributed by atoms with E-state index < -0.39 is 0 Å². The van der Waals surface area contributed by atoms with Crippen LogP contribution in [-0.4, -0.2) is 11.4 Å². The zero-order valence-electron chi connectivity index (χ0n) is 13.2. The highest BCUT2D eigenvalue weighted by molar-refractivity contribution is 14.1. The minimum Gasteiger partial charge on any atom is -0.310 e. The van der Waals surface area contributed by atoms with Crippen molar-refractivity contribution < 1.29 is 7.86 Å². The summed E-state index contributed by atoms with van der Waals surface area (Å²) < 4.78 is 5.45. The second kappa shape index (κ2) is 6.64. The van der Waals surface area contributed by atoms with E-state index in [0.717, 1.165) is 31.6 Å². The number of fused-ring (bicyclic) bond motifs is 1. The number of carbonyl (C=O) groups excluding carboxylic acids is 1. The second-order valence-electron chi connectivity index (χ2n) is 7.74. The van der Waals surface area contributed by atoms with Crippen molar-refractivity contribution in [3.8, 4) is 0 Å². The van der Waals surface area contributed by atoms with Gasteiger partial charge in [-0.3, -0.25) is 4.79 Å². The number of rotatable bonds is 6. The molecule has 3 heteroatoms. The monoisotopic (exact) mass is 392 g/mol. The average molecular weight is 392 g/mol. The van der Waals surface area contributed by atoms with Crippen LogP contribution in [0.15, 0.2) is 0 Å². The van der Waals surface area contributed by atoms with E-state index in [1.807, 2.05) is 23.0 Å².